The summed E-state index contributed by atoms with van der Waals surface area (Å²) < 4.78 is 37.7. The number of rotatable bonds is 9. The van der Waals surface area contributed by atoms with Gasteiger partial charge in [-0.05, 0) is 66.8 Å². The molecule has 208 valence electrons. The predicted molar refractivity (Wildman–Crippen MR) is 151 cm³/mol. The average molecular weight is 563 g/mol. The highest BCUT2D eigenvalue weighted by molar-refractivity contribution is 7.55. The van der Waals surface area contributed by atoms with E-state index >= 15 is 0 Å². The summed E-state index contributed by atoms with van der Waals surface area (Å²) in [5.74, 6) is 0.259. The van der Waals surface area contributed by atoms with Gasteiger partial charge in [0.25, 0.3) is 0 Å². The van der Waals surface area contributed by atoms with Crippen LogP contribution in [0.1, 0.15) is 18.4 Å². The number of benzene rings is 3. The number of para-hydroxylation sites is 2. The molecule has 10 nitrogen and oxygen atoms in total. The quantitative estimate of drug-likeness (QED) is 0.146. The Balaban J connectivity index is 1.43. The Morgan fingerprint density at radius 1 is 0.975 bits per heavy atom. The number of piperidine rings is 1. The van der Waals surface area contributed by atoms with E-state index in [1.807, 2.05) is 18.2 Å². The third-order valence-corrected chi connectivity index (χ3v) is 8.90. The first-order chi connectivity index (χ1) is 19.4. The van der Waals surface area contributed by atoms with Gasteiger partial charge in [-0.3, -0.25) is 10.2 Å². The van der Waals surface area contributed by atoms with Gasteiger partial charge in [-0.25, -0.2) is 4.57 Å². The van der Waals surface area contributed by atoms with Crippen molar-refractivity contribution in [3.63, 3.8) is 0 Å². The molecule has 40 heavy (non-hydrogen) atoms. The molecule has 3 aromatic carbocycles. The number of fused-ring (bicyclic) bond motifs is 1. The fourth-order valence-electron chi connectivity index (χ4n) is 4.68. The molecule has 11 heteroatoms. The molecule has 0 spiro atoms. The molecule has 5 rings (SSSR count). The molecule has 0 saturated carbocycles. The van der Waals surface area contributed by atoms with E-state index in [-0.39, 0.29) is 18.7 Å². The van der Waals surface area contributed by atoms with Crippen LogP contribution in [0.3, 0.4) is 0 Å². The molecule has 3 aromatic rings. The summed E-state index contributed by atoms with van der Waals surface area (Å²) in [6.45, 7) is 1.12. The van der Waals surface area contributed by atoms with Crippen LogP contribution >= 0.6 is 7.60 Å². The minimum absolute atomic E-state index is 0.0186. The zero-order valence-electron chi connectivity index (χ0n) is 21.8. The Hall–Kier alpha value is -4.43. The van der Waals surface area contributed by atoms with Gasteiger partial charge >= 0.3 is 7.60 Å². The summed E-state index contributed by atoms with van der Waals surface area (Å²) in [4.78, 5) is 15.0. The predicted octanol–water partition coefficient (Wildman–Crippen LogP) is 4.83. The molecule has 1 amide bonds. The number of hydrogen-bond donors (Lipinski definition) is 3. The van der Waals surface area contributed by atoms with Crippen molar-refractivity contribution in [2.24, 2.45) is 11.7 Å². The van der Waals surface area contributed by atoms with Crippen molar-refractivity contribution in [2.45, 2.75) is 18.6 Å². The highest BCUT2D eigenvalue weighted by Gasteiger charge is 2.46. The molecule has 0 aliphatic carbocycles. The van der Waals surface area contributed by atoms with Crippen LogP contribution in [0.4, 0.5) is 0 Å². The van der Waals surface area contributed by atoms with Crippen molar-refractivity contribution in [2.75, 3.05) is 19.9 Å². The van der Waals surface area contributed by atoms with Crippen molar-refractivity contribution in [1.82, 2.24) is 10.2 Å². The zero-order chi connectivity index (χ0) is 28.0. The van der Waals surface area contributed by atoms with Crippen LogP contribution in [0.25, 0.3) is 6.08 Å². The molecule has 0 radical (unpaired) electrons. The molecule has 1 fully saturated rings. The normalized spacial score (nSPS) is 15.9. The van der Waals surface area contributed by atoms with Gasteiger partial charge in [0.15, 0.2) is 23.2 Å². The Morgan fingerprint density at radius 2 is 1.57 bits per heavy atom. The Kier molecular flexibility index (Phi) is 8.26. The van der Waals surface area contributed by atoms with Crippen molar-refractivity contribution in [1.29, 1.82) is 5.41 Å². The number of amides is 1. The first-order valence-corrected chi connectivity index (χ1v) is 14.6. The van der Waals surface area contributed by atoms with Gasteiger partial charge in [0.05, 0.1) is 0 Å². The van der Waals surface area contributed by atoms with E-state index in [9.17, 15) is 9.36 Å². The van der Waals surface area contributed by atoms with E-state index in [1.54, 1.807) is 71.6 Å². The van der Waals surface area contributed by atoms with Gasteiger partial charge < -0.3 is 34.5 Å². The lowest BCUT2D eigenvalue weighted by Gasteiger charge is -2.38. The molecule has 2 heterocycles. The van der Waals surface area contributed by atoms with Crippen LogP contribution in [-0.2, 0) is 9.36 Å². The molecule has 0 bridgehead atoms. The molecule has 1 atom stereocenters. The summed E-state index contributed by atoms with van der Waals surface area (Å²) in [5, 5.41) is 10.7. The zero-order valence-corrected chi connectivity index (χ0v) is 22.7. The third kappa shape index (κ3) is 6.58. The van der Waals surface area contributed by atoms with Crippen molar-refractivity contribution in [3.8, 4) is 23.0 Å². The number of carbonyl (C=O) groups excluding carboxylic acids is 1. The maximum atomic E-state index is 14.7. The van der Waals surface area contributed by atoms with E-state index in [1.165, 1.54) is 6.08 Å². The van der Waals surface area contributed by atoms with E-state index in [4.69, 9.17) is 29.7 Å². The number of carbonyl (C=O) groups is 1. The second kappa shape index (κ2) is 12.2. The van der Waals surface area contributed by atoms with Gasteiger partial charge in [-0.1, -0.05) is 42.5 Å². The minimum Gasteiger partial charge on any atom is -0.454 e. The molecule has 1 unspecified atom stereocenters. The fraction of sp³-hybridized carbons (Fsp3) is 0.241. The maximum absolute atomic E-state index is 14.7. The Bertz CT molecular complexity index is 1370. The van der Waals surface area contributed by atoms with Gasteiger partial charge in [0.1, 0.15) is 11.5 Å². The van der Waals surface area contributed by atoms with Gasteiger partial charge in [0, 0.05) is 19.2 Å². The standard InChI is InChI=1S/C29H31N4O6P/c30-29(31)33-17-15-22(16-18-33)28(32-27(34)14-12-21-11-13-25-26(19-21)37-20-36-25)40(35,38-23-7-3-1-4-8-23)39-24-9-5-2-6-10-24/h1-14,19,22,28H,15-18,20H2,(H3,30,31)(H,32,34)/b14-12+. The lowest BCUT2D eigenvalue weighted by molar-refractivity contribution is -0.117. The van der Waals surface area contributed by atoms with Gasteiger partial charge in [-0.15, -0.1) is 0 Å². The SMILES string of the molecule is N=C(N)N1CCC(C(NC(=O)/C=C/c2ccc3c(c2)OCO3)P(=O)(Oc2ccccc2)Oc2ccccc2)CC1. The first kappa shape index (κ1) is 27.1. The molecule has 4 N–H and O–H groups in total. The molecular weight excluding hydrogens is 531 g/mol. The first-order valence-electron chi connectivity index (χ1n) is 13.0. The van der Waals surface area contributed by atoms with E-state index in [2.05, 4.69) is 5.32 Å². The van der Waals surface area contributed by atoms with Crippen LogP contribution in [-0.4, -0.2) is 42.4 Å². The van der Waals surface area contributed by atoms with Gasteiger partial charge in [0.2, 0.25) is 12.7 Å². The second-order valence-corrected chi connectivity index (χ2v) is 11.5. The molecule has 1 saturated heterocycles. The van der Waals surface area contributed by atoms with E-state index in [0.717, 1.165) is 5.56 Å². The van der Waals surface area contributed by atoms with Crippen LogP contribution in [0.15, 0.2) is 84.9 Å². The molecule has 2 aliphatic heterocycles. The fourth-order valence-corrected chi connectivity index (χ4v) is 6.88. The maximum Gasteiger partial charge on any atom is 0.453 e. The van der Waals surface area contributed by atoms with Crippen LogP contribution in [0.5, 0.6) is 23.0 Å². The number of hydrogen-bond acceptors (Lipinski definition) is 7. The number of guanidine groups is 1. The topological polar surface area (TPSA) is 136 Å². The Morgan fingerprint density at radius 3 is 2.17 bits per heavy atom. The lowest BCUT2D eigenvalue weighted by atomic mass is 9.96. The lowest BCUT2D eigenvalue weighted by Crippen LogP contribution is -2.48. The van der Waals surface area contributed by atoms with E-state index < -0.39 is 19.3 Å². The van der Waals surface area contributed by atoms with Gasteiger partial charge in [-0.2, -0.15) is 0 Å². The molecular formula is C29H31N4O6P. The second-order valence-electron chi connectivity index (χ2n) is 9.46. The van der Waals surface area contributed by atoms with Crippen molar-refractivity contribution in [3.05, 3.63) is 90.5 Å². The summed E-state index contributed by atoms with van der Waals surface area (Å²) >= 11 is 0. The smallest absolute Gasteiger partial charge is 0.453 e. The highest BCUT2D eigenvalue weighted by atomic mass is 31.2. The summed E-state index contributed by atoms with van der Waals surface area (Å²) in [6.07, 6.45) is 4.08. The van der Waals surface area contributed by atoms with Crippen LogP contribution < -0.4 is 29.6 Å². The van der Waals surface area contributed by atoms with E-state index in [0.29, 0.717) is 48.9 Å². The van der Waals surface area contributed by atoms with Crippen molar-refractivity contribution >= 4 is 25.5 Å². The number of ether oxygens (including phenoxy) is 2. The Labute approximate surface area is 232 Å². The summed E-state index contributed by atoms with van der Waals surface area (Å²) in [7, 11) is -4.05. The largest absolute Gasteiger partial charge is 0.454 e. The number of likely N-dealkylation sites (tertiary alicyclic amines) is 1. The molecule has 2 aliphatic rings. The minimum atomic E-state index is -4.05. The van der Waals surface area contributed by atoms with Crippen LogP contribution in [0.2, 0.25) is 0 Å². The van der Waals surface area contributed by atoms with Crippen LogP contribution in [0, 0.1) is 11.3 Å². The third-order valence-electron chi connectivity index (χ3n) is 6.73. The average Bonchev–Trinajstić information content (AvgIpc) is 3.44. The highest BCUT2D eigenvalue weighted by Crippen LogP contribution is 2.55. The number of nitrogens with two attached hydrogens (primary N) is 1. The number of nitrogens with zero attached hydrogens (tertiary/aromatic N) is 1. The monoisotopic (exact) mass is 562 g/mol. The number of nitrogens with one attached hydrogen (secondary N) is 2. The summed E-state index contributed by atoms with van der Waals surface area (Å²) in [5.41, 5.74) is 6.44. The van der Waals surface area contributed by atoms with Crippen molar-refractivity contribution < 1.29 is 27.9 Å². The molecule has 0 aromatic heterocycles. The summed E-state index contributed by atoms with van der Waals surface area (Å²) in [6, 6.07) is 22.9.